The second kappa shape index (κ2) is 5.92. The van der Waals surface area contributed by atoms with Crippen LogP contribution in [0.25, 0.3) is 0 Å². The fourth-order valence-corrected chi connectivity index (χ4v) is 2.90. The van der Waals surface area contributed by atoms with Gasteiger partial charge in [-0.3, -0.25) is 4.79 Å². The Bertz CT molecular complexity index is 481. The normalized spacial score (nSPS) is 23.9. The summed E-state index contributed by atoms with van der Waals surface area (Å²) in [5.74, 6) is 0.00187. The van der Waals surface area contributed by atoms with Gasteiger partial charge in [-0.2, -0.15) is 0 Å². The molecule has 2 rings (SSSR count). The smallest absolute Gasteiger partial charge is 0.228 e. The van der Waals surface area contributed by atoms with Crippen molar-refractivity contribution < 1.29 is 9.18 Å². The number of amides is 1. The van der Waals surface area contributed by atoms with E-state index in [0.29, 0.717) is 12.1 Å². The zero-order chi connectivity index (χ0) is 14.8. The van der Waals surface area contributed by atoms with Crippen LogP contribution in [-0.4, -0.2) is 19.0 Å². The number of hydrogen-bond donors (Lipinski definition) is 2. The van der Waals surface area contributed by atoms with Gasteiger partial charge in [0.05, 0.1) is 11.5 Å². The lowest BCUT2D eigenvalue weighted by Crippen LogP contribution is -2.46. The van der Waals surface area contributed by atoms with E-state index in [2.05, 4.69) is 24.5 Å². The number of carbonyl (C=O) groups excluding carboxylic acids is 1. The van der Waals surface area contributed by atoms with Crippen molar-refractivity contribution in [1.82, 2.24) is 10.6 Å². The Hall–Kier alpha value is -1.42. The summed E-state index contributed by atoms with van der Waals surface area (Å²) in [6, 6.07) is 6.27. The fraction of sp³-hybridized carbons (Fsp3) is 0.562. The Morgan fingerprint density at radius 2 is 2.05 bits per heavy atom. The molecule has 110 valence electrons. The highest BCUT2D eigenvalue weighted by Gasteiger charge is 2.44. The van der Waals surface area contributed by atoms with Gasteiger partial charge >= 0.3 is 0 Å². The molecule has 0 radical (unpaired) electrons. The van der Waals surface area contributed by atoms with Gasteiger partial charge < -0.3 is 10.6 Å². The molecule has 1 aromatic rings. The first kappa shape index (κ1) is 15.0. The minimum Gasteiger partial charge on any atom is -0.349 e. The van der Waals surface area contributed by atoms with Gasteiger partial charge in [-0.1, -0.05) is 32.0 Å². The largest absolute Gasteiger partial charge is 0.349 e. The molecule has 1 unspecified atom stereocenters. The third-order valence-corrected chi connectivity index (χ3v) is 4.47. The van der Waals surface area contributed by atoms with Crippen LogP contribution in [0.1, 0.15) is 38.8 Å². The van der Waals surface area contributed by atoms with Crippen molar-refractivity contribution in [3.63, 3.8) is 0 Å². The summed E-state index contributed by atoms with van der Waals surface area (Å²) in [6.07, 6.45) is 0.834. The Morgan fingerprint density at radius 1 is 1.35 bits per heavy atom. The highest BCUT2D eigenvalue weighted by Crippen LogP contribution is 2.35. The van der Waals surface area contributed by atoms with E-state index < -0.39 is 0 Å². The van der Waals surface area contributed by atoms with Gasteiger partial charge in [0.2, 0.25) is 5.91 Å². The van der Waals surface area contributed by atoms with Crippen LogP contribution in [-0.2, 0) is 4.79 Å². The van der Waals surface area contributed by atoms with Gasteiger partial charge in [-0.15, -0.1) is 0 Å². The molecule has 1 saturated heterocycles. The summed E-state index contributed by atoms with van der Waals surface area (Å²) in [5.41, 5.74) is 0.158. The predicted octanol–water partition coefficient (Wildman–Crippen LogP) is 2.64. The minimum atomic E-state index is -0.375. The monoisotopic (exact) mass is 278 g/mol. The summed E-state index contributed by atoms with van der Waals surface area (Å²) in [6.45, 7) is 7.52. The summed E-state index contributed by atoms with van der Waals surface area (Å²) in [7, 11) is 0. The van der Waals surface area contributed by atoms with E-state index in [9.17, 15) is 9.18 Å². The Kier molecular flexibility index (Phi) is 4.43. The van der Waals surface area contributed by atoms with Crippen LogP contribution in [0.2, 0.25) is 0 Å². The standard InChI is InChI=1S/C16H23FN2O/c1-11(2)16(8-9-18-10-16)15(20)19-12(3)13-6-4-5-7-14(13)17/h4-7,11-12,18H,8-10H2,1-3H3,(H,19,20)/t12-,16?/m1/s1. The molecule has 2 N–H and O–H groups in total. The molecule has 1 fully saturated rings. The van der Waals surface area contributed by atoms with Crippen LogP contribution in [0.5, 0.6) is 0 Å². The molecule has 0 saturated carbocycles. The molecule has 0 bridgehead atoms. The molecule has 20 heavy (non-hydrogen) atoms. The third-order valence-electron chi connectivity index (χ3n) is 4.47. The zero-order valence-electron chi connectivity index (χ0n) is 12.4. The topological polar surface area (TPSA) is 41.1 Å². The number of nitrogens with one attached hydrogen (secondary N) is 2. The lowest BCUT2D eigenvalue weighted by Gasteiger charge is -2.32. The van der Waals surface area contributed by atoms with Crippen molar-refractivity contribution in [2.75, 3.05) is 13.1 Å². The summed E-state index contributed by atoms with van der Waals surface area (Å²) < 4.78 is 13.8. The lowest BCUT2D eigenvalue weighted by molar-refractivity contribution is -0.133. The average molecular weight is 278 g/mol. The molecule has 2 atom stereocenters. The van der Waals surface area contributed by atoms with Crippen LogP contribution in [0, 0.1) is 17.2 Å². The maximum absolute atomic E-state index is 13.8. The van der Waals surface area contributed by atoms with E-state index in [1.54, 1.807) is 18.2 Å². The molecule has 4 heteroatoms. The maximum atomic E-state index is 13.8. The van der Waals surface area contributed by atoms with Crippen molar-refractivity contribution in [3.05, 3.63) is 35.6 Å². The van der Waals surface area contributed by atoms with Crippen molar-refractivity contribution >= 4 is 5.91 Å². The molecule has 1 aromatic carbocycles. The molecule has 3 nitrogen and oxygen atoms in total. The summed E-state index contributed by atoms with van der Waals surface area (Å²) in [5, 5.41) is 6.25. The number of hydrogen-bond acceptors (Lipinski definition) is 2. The van der Waals surface area contributed by atoms with E-state index in [1.165, 1.54) is 6.07 Å². The molecule has 0 spiro atoms. The highest BCUT2D eigenvalue weighted by molar-refractivity contribution is 5.84. The number of carbonyl (C=O) groups is 1. The second-order valence-corrected chi connectivity index (χ2v) is 5.95. The van der Waals surface area contributed by atoms with Crippen molar-refractivity contribution in [2.24, 2.45) is 11.3 Å². The first-order valence-corrected chi connectivity index (χ1v) is 7.23. The molecule has 1 amide bonds. The Labute approximate surface area is 120 Å². The highest BCUT2D eigenvalue weighted by atomic mass is 19.1. The lowest BCUT2D eigenvalue weighted by atomic mass is 9.75. The van der Waals surface area contributed by atoms with Crippen LogP contribution in [0.4, 0.5) is 4.39 Å². The summed E-state index contributed by atoms with van der Waals surface area (Å²) in [4.78, 5) is 12.6. The van der Waals surface area contributed by atoms with Gasteiger partial charge in [-0.05, 0) is 31.9 Å². The van der Waals surface area contributed by atoms with Gasteiger partial charge in [0, 0.05) is 12.1 Å². The van der Waals surface area contributed by atoms with E-state index in [4.69, 9.17) is 0 Å². The van der Waals surface area contributed by atoms with E-state index in [-0.39, 0.29) is 29.1 Å². The Morgan fingerprint density at radius 3 is 2.60 bits per heavy atom. The molecule has 1 heterocycles. The number of rotatable bonds is 4. The van der Waals surface area contributed by atoms with Gasteiger partial charge in [0.25, 0.3) is 0 Å². The third kappa shape index (κ3) is 2.70. The van der Waals surface area contributed by atoms with Crippen molar-refractivity contribution in [2.45, 2.75) is 33.2 Å². The molecule has 0 aliphatic carbocycles. The average Bonchev–Trinajstić information content (AvgIpc) is 2.89. The fourth-order valence-electron chi connectivity index (χ4n) is 2.90. The van der Waals surface area contributed by atoms with Gasteiger partial charge in [0.15, 0.2) is 0 Å². The van der Waals surface area contributed by atoms with Crippen LogP contribution < -0.4 is 10.6 Å². The van der Waals surface area contributed by atoms with Crippen molar-refractivity contribution in [3.8, 4) is 0 Å². The molecule has 1 aliphatic rings. The van der Waals surface area contributed by atoms with Gasteiger partial charge in [-0.25, -0.2) is 4.39 Å². The number of halogens is 1. The molecule has 1 aliphatic heterocycles. The number of benzene rings is 1. The Balaban J connectivity index is 2.13. The minimum absolute atomic E-state index is 0.0215. The van der Waals surface area contributed by atoms with Crippen LogP contribution >= 0.6 is 0 Å². The van der Waals surface area contributed by atoms with E-state index in [1.807, 2.05) is 6.92 Å². The van der Waals surface area contributed by atoms with Gasteiger partial charge in [0.1, 0.15) is 5.82 Å². The molecular weight excluding hydrogens is 255 g/mol. The first-order chi connectivity index (χ1) is 9.47. The predicted molar refractivity (Wildman–Crippen MR) is 77.7 cm³/mol. The SMILES string of the molecule is CC(C)C1(C(=O)N[C@H](C)c2ccccc2F)CCNC1. The first-order valence-electron chi connectivity index (χ1n) is 7.23. The van der Waals surface area contributed by atoms with E-state index in [0.717, 1.165) is 13.0 Å². The summed E-state index contributed by atoms with van der Waals surface area (Å²) >= 11 is 0. The van der Waals surface area contributed by atoms with E-state index >= 15 is 0 Å². The van der Waals surface area contributed by atoms with Crippen LogP contribution in [0.3, 0.4) is 0 Å². The zero-order valence-corrected chi connectivity index (χ0v) is 12.4. The second-order valence-electron chi connectivity index (χ2n) is 5.95. The molecule has 0 aromatic heterocycles. The maximum Gasteiger partial charge on any atom is 0.228 e. The van der Waals surface area contributed by atoms with Crippen LogP contribution in [0.15, 0.2) is 24.3 Å². The quantitative estimate of drug-likeness (QED) is 0.889. The van der Waals surface area contributed by atoms with Crippen molar-refractivity contribution in [1.29, 1.82) is 0 Å². The molecular formula is C16H23FN2O.